The summed E-state index contributed by atoms with van der Waals surface area (Å²) in [5.41, 5.74) is 22.5. The van der Waals surface area contributed by atoms with E-state index in [1.165, 1.54) is 206 Å². The molecule has 0 atom stereocenters. The molecule has 24 rings (SSSR count). The van der Waals surface area contributed by atoms with Crippen molar-refractivity contribution in [1.29, 1.82) is 0 Å². The molecule has 0 saturated heterocycles. The molecular weight excluding hydrogens is 1380 g/mol. The van der Waals surface area contributed by atoms with Crippen molar-refractivity contribution in [3.63, 3.8) is 0 Å². The minimum Gasteiger partial charge on any atom is -0.456 e. The molecule has 0 unspecified atom stereocenters. The maximum atomic E-state index is 6.02. The Balaban J connectivity index is 0.000000105. The maximum absolute atomic E-state index is 6.02. The summed E-state index contributed by atoms with van der Waals surface area (Å²) >= 11 is 1.89. The monoisotopic (exact) mass is 1450 g/mol. The van der Waals surface area contributed by atoms with Gasteiger partial charge in [0.05, 0.1) is 0 Å². The van der Waals surface area contributed by atoms with Gasteiger partial charge in [0.1, 0.15) is 11.2 Å². The Morgan fingerprint density at radius 3 is 1.17 bits per heavy atom. The van der Waals surface area contributed by atoms with Crippen LogP contribution in [0.5, 0.6) is 0 Å². The normalized spacial score (nSPS) is 12.4. The van der Waals surface area contributed by atoms with Gasteiger partial charge in [0, 0.05) is 36.4 Å². The second-order valence-corrected chi connectivity index (χ2v) is 31.8. The molecular formula is C111H72OS. The summed E-state index contributed by atoms with van der Waals surface area (Å²) in [5.74, 6) is 0. The molecule has 0 spiro atoms. The molecule has 2 heterocycles. The van der Waals surface area contributed by atoms with E-state index in [-0.39, 0.29) is 5.41 Å². The predicted octanol–water partition coefficient (Wildman–Crippen LogP) is 32.0. The van der Waals surface area contributed by atoms with Gasteiger partial charge in [0.2, 0.25) is 0 Å². The first kappa shape index (κ1) is 66.0. The quantitative estimate of drug-likeness (QED) is 0.151. The fourth-order valence-corrected chi connectivity index (χ4v) is 20.0. The first-order valence-corrected chi connectivity index (χ1v) is 40.0. The summed E-state index contributed by atoms with van der Waals surface area (Å²) in [7, 11) is 0. The summed E-state index contributed by atoms with van der Waals surface area (Å²) in [6.45, 7) is 4.71. The molecule has 0 aliphatic heterocycles. The number of rotatable bonds is 6. The van der Waals surface area contributed by atoms with Crippen LogP contribution in [-0.2, 0) is 5.41 Å². The molecule has 1 aliphatic carbocycles. The number of para-hydroxylation sites is 1. The van der Waals surface area contributed by atoms with Crippen LogP contribution >= 0.6 is 11.3 Å². The fourth-order valence-electron chi connectivity index (χ4n) is 18.7. The van der Waals surface area contributed by atoms with E-state index in [4.69, 9.17) is 4.42 Å². The van der Waals surface area contributed by atoms with Crippen molar-refractivity contribution >= 4 is 150 Å². The van der Waals surface area contributed by atoms with Gasteiger partial charge in [0.25, 0.3) is 0 Å². The first-order valence-electron chi connectivity index (χ1n) is 39.2. The summed E-state index contributed by atoms with van der Waals surface area (Å²) in [5, 5.41) is 28.4. The molecule has 23 aromatic rings. The topological polar surface area (TPSA) is 13.1 Å². The number of benzene rings is 21. The number of furan rings is 1. The van der Waals surface area contributed by atoms with E-state index in [9.17, 15) is 0 Å². The molecule has 0 saturated carbocycles. The predicted molar refractivity (Wildman–Crippen MR) is 487 cm³/mol. The third kappa shape index (κ3) is 11.0. The Hall–Kier alpha value is -14.0. The number of thiophene rings is 1. The van der Waals surface area contributed by atoms with Crippen LogP contribution in [0.15, 0.2) is 405 Å². The summed E-state index contributed by atoms with van der Waals surface area (Å²) in [6.07, 6.45) is 0. The zero-order valence-electron chi connectivity index (χ0n) is 62.4. The first-order chi connectivity index (χ1) is 55.8. The third-order valence-electron chi connectivity index (χ3n) is 24.2. The molecule has 0 N–H and O–H groups in total. The molecule has 0 amide bonds. The molecule has 0 bridgehead atoms. The number of hydrogen-bond acceptors (Lipinski definition) is 2. The van der Waals surface area contributed by atoms with E-state index < -0.39 is 0 Å². The van der Waals surface area contributed by atoms with Crippen LogP contribution in [0.25, 0.3) is 217 Å². The van der Waals surface area contributed by atoms with Gasteiger partial charge in [-0.05, 0) is 241 Å². The maximum Gasteiger partial charge on any atom is 0.135 e. The van der Waals surface area contributed by atoms with Gasteiger partial charge in [-0.1, -0.05) is 360 Å². The second kappa shape index (κ2) is 26.6. The molecule has 2 aromatic heterocycles. The minimum absolute atomic E-state index is 0.0181. The molecule has 113 heavy (non-hydrogen) atoms. The van der Waals surface area contributed by atoms with Gasteiger partial charge in [-0.2, -0.15) is 0 Å². The SMILES string of the molecule is CC1(C)c2ccccc2-c2ccc(-c3cccc4c(-c5ccc(-c6cc7ccccc7c7ccccc67)cc5)cccc34)cc21.c1cc(-c2ccc3c4ccccc4c4ccccc4c3c2)cc(-c2cccc3c2sc2ccccc23)c1.c1ccc2c(c1)oc1ccc(-c3ccc4c5ccccc5c5ccccc5c4c3)cc12. The van der Waals surface area contributed by atoms with Gasteiger partial charge in [-0.3, -0.25) is 0 Å². The van der Waals surface area contributed by atoms with Gasteiger partial charge < -0.3 is 4.42 Å². The lowest BCUT2D eigenvalue weighted by molar-refractivity contribution is 0.660. The minimum atomic E-state index is -0.0181. The molecule has 0 fully saturated rings. The highest BCUT2D eigenvalue weighted by atomic mass is 32.1. The van der Waals surface area contributed by atoms with Crippen molar-refractivity contribution in [2.45, 2.75) is 19.3 Å². The van der Waals surface area contributed by atoms with E-state index in [1.54, 1.807) is 0 Å². The standard InChI is InChI=1S/C45H32.C36H22S.C30H18O/c1-45(2)43-20-8-7-15-40(43)41-26-25-32(28-44(41)45)35-17-10-18-37-33(16-9-19-38(35)37)29-21-23-30(24-22-29)42-27-31-11-3-4-12-34(31)36-13-5-6-14-39(36)42;1-2-13-29-27(11-1)28-12-3-4-14-30(28)34-22-24(19-20-31(29)34)23-9-7-10-25(21-23)26-16-8-17-33-32-15-5-6-18-35(32)37-36(26)33;1-2-9-23-21(7-1)22-8-3-4-10-24(22)27-17-19(13-15-25(23)27)20-14-16-30-28(18-20)26-11-5-6-12-29(26)31-30/h3-28H,1-2H3;1-22H;1-18H. The highest BCUT2D eigenvalue weighted by Gasteiger charge is 2.35. The van der Waals surface area contributed by atoms with Crippen LogP contribution in [0.1, 0.15) is 25.0 Å². The van der Waals surface area contributed by atoms with E-state index in [0.29, 0.717) is 0 Å². The lowest BCUT2D eigenvalue weighted by Gasteiger charge is -2.22. The van der Waals surface area contributed by atoms with Crippen molar-refractivity contribution in [1.82, 2.24) is 0 Å². The van der Waals surface area contributed by atoms with Crippen molar-refractivity contribution in [3.05, 3.63) is 412 Å². The van der Waals surface area contributed by atoms with Crippen molar-refractivity contribution in [3.8, 4) is 77.9 Å². The Morgan fingerprint density at radius 2 is 0.549 bits per heavy atom. The fraction of sp³-hybridized carbons (Fsp3) is 0.0270. The molecule has 21 aromatic carbocycles. The lowest BCUT2D eigenvalue weighted by Crippen LogP contribution is -2.14. The molecule has 1 aliphatic rings. The van der Waals surface area contributed by atoms with E-state index in [0.717, 1.165) is 21.9 Å². The average Bonchev–Trinajstić information content (AvgIpc) is 1.47. The Morgan fingerprint density at radius 1 is 0.186 bits per heavy atom. The van der Waals surface area contributed by atoms with E-state index in [1.807, 2.05) is 23.5 Å². The van der Waals surface area contributed by atoms with E-state index in [2.05, 4.69) is 402 Å². The van der Waals surface area contributed by atoms with Crippen molar-refractivity contribution in [2.24, 2.45) is 0 Å². The molecule has 2 heteroatoms. The lowest BCUT2D eigenvalue weighted by atomic mass is 9.81. The number of hydrogen-bond donors (Lipinski definition) is 0. The van der Waals surface area contributed by atoms with Crippen LogP contribution in [0, 0.1) is 0 Å². The van der Waals surface area contributed by atoms with Crippen molar-refractivity contribution in [2.75, 3.05) is 0 Å². The zero-order valence-corrected chi connectivity index (χ0v) is 63.2. The van der Waals surface area contributed by atoms with Crippen LogP contribution in [0.4, 0.5) is 0 Å². The van der Waals surface area contributed by atoms with Gasteiger partial charge in [-0.15, -0.1) is 11.3 Å². The van der Waals surface area contributed by atoms with Gasteiger partial charge in [-0.25, -0.2) is 0 Å². The Kier molecular flexibility index (Phi) is 15.6. The van der Waals surface area contributed by atoms with Crippen LogP contribution in [0.3, 0.4) is 0 Å². The molecule has 1 nitrogen and oxygen atoms in total. The van der Waals surface area contributed by atoms with E-state index >= 15 is 0 Å². The zero-order chi connectivity index (χ0) is 74.8. The Labute approximate surface area is 658 Å². The Bertz CT molecular complexity index is 7770. The smallest absolute Gasteiger partial charge is 0.135 e. The summed E-state index contributed by atoms with van der Waals surface area (Å²) in [6, 6.07) is 146. The molecule has 528 valence electrons. The van der Waals surface area contributed by atoms with Gasteiger partial charge in [0.15, 0.2) is 0 Å². The highest BCUT2D eigenvalue weighted by molar-refractivity contribution is 7.26. The second-order valence-electron chi connectivity index (χ2n) is 30.8. The van der Waals surface area contributed by atoms with Gasteiger partial charge >= 0.3 is 0 Å². The summed E-state index contributed by atoms with van der Waals surface area (Å²) < 4.78 is 8.72. The van der Waals surface area contributed by atoms with Crippen LogP contribution < -0.4 is 0 Å². The highest BCUT2D eigenvalue weighted by Crippen LogP contribution is 2.51. The third-order valence-corrected chi connectivity index (χ3v) is 25.4. The average molecular weight is 1450 g/mol. The molecule has 0 radical (unpaired) electrons. The van der Waals surface area contributed by atoms with Crippen LogP contribution in [-0.4, -0.2) is 0 Å². The summed E-state index contributed by atoms with van der Waals surface area (Å²) in [4.78, 5) is 0. The number of fused-ring (bicyclic) bond motifs is 25. The largest absolute Gasteiger partial charge is 0.456 e. The van der Waals surface area contributed by atoms with Crippen LogP contribution in [0.2, 0.25) is 0 Å². The van der Waals surface area contributed by atoms with Crippen molar-refractivity contribution < 1.29 is 4.42 Å².